The average Bonchev–Trinajstić information content (AvgIpc) is 3.19. The number of nitriles is 1. The minimum absolute atomic E-state index is 0.161. The van der Waals surface area contributed by atoms with Gasteiger partial charge in [0.25, 0.3) is 0 Å². The highest BCUT2D eigenvalue weighted by Gasteiger charge is 2.14. The summed E-state index contributed by atoms with van der Waals surface area (Å²) in [5, 5.41) is 10.00. The fourth-order valence-electron chi connectivity index (χ4n) is 3.28. The fourth-order valence-corrected chi connectivity index (χ4v) is 3.28. The van der Waals surface area contributed by atoms with Crippen LogP contribution in [0.25, 0.3) is 22.0 Å². The summed E-state index contributed by atoms with van der Waals surface area (Å²) in [7, 11) is 0. The van der Waals surface area contributed by atoms with E-state index in [1.165, 1.54) is 0 Å². The molecule has 6 heteroatoms. The highest BCUT2D eigenvalue weighted by molar-refractivity contribution is 5.83. The molecule has 0 amide bonds. The van der Waals surface area contributed by atoms with Crippen LogP contribution in [-0.2, 0) is 6.42 Å². The Morgan fingerprint density at radius 1 is 1.10 bits per heavy atom. The lowest BCUT2D eigenvalue weighted by atomic mass is 10.1. The molecule has 0 saturated heterocycles. The predicted molar refractivity (Wildman–Crippen MR) is 110 cm³/mol. The first kappa shape index (κ1) is 18.7. The van der Waals surface area contributed by atoms with Gasteiger partial charge in [-0.2, -0.15) is 10.8 Å². The molecule has 0 bridgehead atoms. The van der Waals surface area contributed by atoms with Crippen molar-refractivity contribution in [3.8, 4) is 22.9 Å². The standard InChI is InChI=1S/C23H19FN4O/c24-28-20(9-19-13-27-23-4-2-1-3-22(19)23)15-29-21-10-18(12-26-14-21)17-7-5-16(11-25)6-8-17/h1-8,10,12-14,20,27-28H,9,15H2/t20-/m0/s1. The van der Waals surface area contributed by atoms with Crippen molar-refractivity contribution >= 4 is 10.9 Å². The first-order valence-electron chi connectivity index (χ1n) is 9.26. The maximum absolute atomic E-state index is 13.4. The monoisotopic (exact) mass is 386 g/mol. The molecule has 0 fully saturated rings. The molecule has 0 radical (unpaired) electrons. The summed E-state index contributed by atoms with van der Waals surface area (Å²) in [6.45, 7) is 0.161. The van der Waals surface area contributed by atoms with E-state index in [0.29, 0.717) is 17.7 Å². The van der Waals surface area contributed by atoms with Crippen LogP contribution in [0.4, 0.5) is 4.48 Å². The minimum Gasteiger partial charge on any atom is -0.490 e. The number of hydrogen-bond acceptors (Lipinski definition) is 4. The second-order valence-corrected chi connectivity index (χ2v) is 6.78. The van der Waals surface area contributed by atoms with Gasteiger partial charge in [-0.15, -0.1) is 4.48 Å². The van der Waals surface area contributed by atoms with Crippen LogP contribution in [0.5, 0.6) is 5.75 Å². The predicted octanol–water partition coefficient (Wildman–Crippen LogP) is 4.57. The van der Waals surface area contributed by atoms with Gasteiger partial charge >= 0.3 is 0 Å². The number of benzene rings is 2. The molecule has 5 nitrogen and oxygen atoms in total. The van der Waals surface area contributed by atoms with Crippen LogP contribution in [-0.4, -0.2) is 22.6 Å². The van der Waals surface area contributed by atoms with Gasteiger partial charge < -0.3 is 9.72 Å². The van der Waals surface area contributed by atoms with Gasteiger partial charge in [-0.25, -0.2) is 0 Å². The summed E-state index contributed by atoms with van der Waals surface area (Å²) in [5.74, 6) is 0.561. The van der Waals surface area contributed by atoms with Crippen molar-refractivity contribution in [2.24, 2.45) is 0 Å². The Labute approximate surface area is 167 Å². The van der Waals surface area contributed by atoms with Crippen LogP contribution in [0.2, 0.25) is 0 Å². The quantitative estimate of drug-likeness (QED) is 0.457. The maximum Gasteiger partial charge on any atom is 0.138 e. The van der Waals surface area contributed by atoms with Gasteiger partial charge in [0.2, 0.25) is 0 Å². The number of pyridine rings is 1. The first-order valence-corrected chi connectivity index (χ1v) is 9.26. The summed E-state index contributed by atoms with van der Waals surface area (Å²) in [5.41, 5.74) is 6.30. The van der Waals surface area contributed by atoms with Crippen molar-refractivity contribution in [1.29, 1.82) is 5.26 Å². The highest BCUT2D eigenvalue weighted by Crippen LogP contribution is 2.24. The lowest BCUT2D eigenvalue weighted by Gasteiger charge is -2.15. The van der Waals surface area contributed by atoms with E-state index in [2.05, 4.69) is 16.0 Å². The number of nitrogens with zero attached hydrogens (tertiary/aromatic N) is 2. The van der Waals surface area contributed by atoms with Crippen LogP contribution in [0.3, 0.4) is 0 Å². The first-order chi connectivity index (χ1) is 14.3. The van der Waals surface area contributed by atoms with Gasteiger partial charge in [0.05, 0.1) is 23.9 Å². The van der Waals surface area contributed by atoms with Crippen molar-refractivity contribution in [3.05, 3.63) is 84.3 Å². The molecule has 2 aromatic carbocycles. The topological polar surface area (TPSA) is 73.7 Å². The van der Waals surface area contributed by atoms with E-state index in [9.17, 15) is 4.48 Å². The van der Waals surface area contributed by atoms with Crippen molar-refractivity contribution in [2.75, 3.05) is 6.61 Å². The number of para-hydroxylation sites is 1. The highest BCUT2D eigenvalue weighted by atomic mass is 19.2. The fraction of sp³-hybridized carbons (Fsp3) is 0.130. The van der Waals surface area contributed by atoms with Crippen LogP contribution in [0.15, 0.2) is 73.2 Å². The number of rotatable bonds is 7. The summed E-state index contributed by atoms with van der Waals surface area (Å²) < 4.78 is 19.2. The number of nitrogens with one attached hydrogen (secondary N) is 2. The Morgan fingerprint density at radius 3 is 2.72 bits per heavy atom. The zero-order valence-corrected chi connectivity index (χ0v) is 15.6. The molecule has 0 aliphatic heterocycles. The van der Waals surface area contributed by atoms with E-state index >= 15 is 0 Å². The van der Waals surface area contributed by atoms with Crippen molar-refractivity contribution in [3.63, 3.8) is 0 Å². The molecule has 29 heavy (non-hydrogen) atoms. The lowest BCUT2D eigenvalue weighted by molar-refractivity contribution is 0.190. The number of aromatic nitrogens is 2. The smallest absolute Gasteiger partial charge is 0.138 e. The van der Waals surface area contributed by atoms with E-state index in [4.69, 9.17) is 10.00 Å². The third kappa shape index (κ3) is 4.26. The van der Waals surface area contributed by atoms with Crippen molar-refractivity contribution in [1.82, 2.24) is 15.5 Å². The van der Waals surface area contributed by atoms with Gasteiger partial charge in [0, 0.05) is 28.9 Å². The van der Waals surface area contributed by atoms with E-state index in [-0.39, 0.29) is 6.61 Å². The summed E-state index contributed by atoms with van der Waals surface area (Å²) in [4.78, 5) is 7.42. The van der Waals surface area contributed by atoms with Crippen molar-refractivity contribution < 1.29 is 9.22 Å². The summed E-state index contributed by atoms with van der Waals surface area (Å²) in [6, 6.07) is 18.6. The van der Waals surface area contributed by atoms with Gasteiger partial charge in [0.1, 0.15) is 12.4 Å². The van der Waals surface area contributed by atoms with Crippen LogP contribution in [0, 0.1) is 11.3 Å². The Hall–Kier alpha value is -3.69. The molecule has 2 aromatic heterocycles. The molecular formula is C23H19FN4O. The largest absolute Gasteiger partial charge is 0.490 e. The van der Waals surface area contributed by atoms with Gasteiger partial charge in [0.15, 0.2) is 0 Å². The average molecular weight is 386 g/mol. The normalized spacial score (nSPS) is 11.9. The van der Waals surface area contributed by atoms with Crippen LogP contribution < -0.4 is 10.3 Å². The Kier molecular flexibility index (Phi) is 5.50. The second-order valence-electron chi connectivity index (χ2n) is 6.78. The van der Waals surface area contributed by atoms with E-state index in [1.807, 2.05) is 54.2 Å². The molecule has 0 unspecified atom stereocenters. The zero-order chi connectivity index (χ0) is 20.1. The number of fused-ring (bicyclic) bond motifs is 1. The Balaban J connectivity index is 1.44. The molecule has 1 atom stereocenters. The number of ether oxygens (including phenoxy) is 1. The Morgan fingerprint density at radius 2 is 1.93 bits per heavy atom. The van der Waals surface area contributed by atoms with E-state index in [1.54, 1.807) is 24.5 Å². The number of H-pyrrole nitrogens is 1. The van der Waals surface area contributed by atoms with Gasteiger partial charge in [-0.1, -0.05) is 30.3 Å². The third-order valence-electron chi connectivity index (χ3n) is 4.81. The molecule has 0 aliphatic carbocycles. The van der Waals surface area contributed by atoms with Crippen LogP contribution in [0.1, 0.15) is 11.1 Å². The van der Waals surface area contributed by atoms with Crippen molar-refractivity contribution in [2.45, 2.75) is 12.5 Å². The van der Waals surface area contributed by atoms with E-state index < -0.39 is 6.04 Å². The summed E-state index contributed by atoms with van der Waals surface area (Å²) in [6.07, 6.45) is 5.73. The maximum atomic E-state index is 13.4. The second kappa shape index (κ2) is 8.55. The SMILES string of the molecule is N#Cc1ccc(-c2cncc(OC[C@H](Cc3c[nH]c4ccccc34)NF)c2)cc1. The molecule has 2 N–H and O–H groups in total. The number of aromatic amines is 1. The zero-order valence-electron chi connectivity index (χ0n) is 15.6. The molecule has 144 valence electrons. The minimum atomic E-state index is -0.493. The molecular weight excluding hydrogens is 367 g/mol. The summed E-state index contributed by atoms with van der Waals surface area (Å²) >= 11 is 0. The van der Waals surface area contributed by atoms with Crippen LogP contribution >= 0.6 is 0 Å². The molecule has 0 saturated carbocycles. The molecule has 4 rings (SSSR count). The molecule has 4 aromatic rings. The molecule has 0 spiro atoms. The number of hydrogen-bond donors (Lipinski definition) is 2. The van der Waals surface area contributed by atoms with Gasteiger partial charge in [-0.3, -0.25) is 4.98 Å². The molecule has 2 heterocycles. The van der Waals surface area contributed by atoms with E-state index in [0.717, 1.165) is 27.6 Å². The Bertz CT molecular complexity index is 1150. The lowest BCUT2D eigenvalue weighted by Crippen LogP contribution is -2.31. The third-order valence-corrected chi connectivity index (χ3v) is 4.81. The molecule has 0 aliphatic rings. The number of halogens is 1. The van der Waals surface area contributed by atoms with Gasteiger partial charge in [-0.05, 0) is 41.8 Å².